The lowest BCUT2D eigenvalue weighted by Gasteiger charge is -2.34. The van der Waals surface area contributed by atoms with Gasteiger partial charge < -0.3 is 14.6 Å². The molecule has 0 spiro atoms. The van der Waals surface area contributed by atoms with Crippen molar-refractivity contribution in [2.75, 3.05) is 20.8 Å². The van der Waals surface area contributed by atoms with Crippen LogP contribution in [-0.4, -0.2) is 49.3 Å². The third-order valence-electron chi connectivity index (χ3n) is 3.01. The van der Waals surface area contributed by atoms with Crippen molar-refractivity contribution in [1.29, 1.82) is 0 Å². The molecule has 0 radical (unpaired) electrons. The maximum absolute atomic E-state index is 9.64. The van der Waals surface area contributed by atoms with E-state index in [1.165, 1.54) is 7.11 Å². The zero-order chi connectivity index (χ0) is 13.8. The predicted molar refractivity (Wildman–Crippen MR) is 72.1 cm³/mol. The Bertz CT molecular complexity index is 363. The molecule has 1 aliphatic rings. The number of ether oxygens (including phenoxy) is 2. The van der Waals surface area contributed by atoms with Gasteiger partial charge in [-0.2, -0.15) is 0 Å². The molecular formula is C13H22N2O3. The molecule has 2 atom stereocenters. The summed E-state index contributed by atoms with van der Waals surface area (Å²) in [7, 11) is 3.11. The van der Waals surface area contributed by atoms with Gasteiger partial charge in [0.25, 0.3) is 0 Å². The molecule has 5 nitrogen and oxygen atoms in total. The number of aliphatic imine (C=N–C) groups is 2. The smallest absolute Gasteiger partial charge is 0.215 e. The molecular weight excluding hydrogens is 232 g/mol. The highest BCUT2D eigenvalue weighted by Gasteiger charge is 2.42. The number of hydrogen-bond acceptors (Lipinski definition) is 5. The Labute approximate surface area is 108 Å². The van der Waals surface area contributed by atoms with Gasteiger partial charge in [-0.3, -0.25) is 0 Å². The van der Waals surface area contributed by atoms with Crippen molar-refractivity contribution in [2.24, 2.45) is 15.9 Å². The number of rotatable bonds is 4. The Morgan fingerprint density at radius 3 is 2.50 bits per heavy atom. The molecule has 0 aromatic rings. The van der Waals surface area contributed by atoms with Crippen LogP contribution >= 0.6 is 0 Å². The van der Waals surface area contributed by atoms with Gasteiger partial charge in [0, 0.05) is 6.42 Å². The van der Waals surface area contributed by atoms with E-state index in [1.54, 1.807) is 13.2 Å². The number of aliphatic hydroxyl groups is 1. The van der Waals surface area contributed by atoms with Crippen LogP contribution in [0.5, 0.6) is 0 Å². The molecule has 1 heterocycles. The summed E-state index contributed by atoms with van der Waals surface area (Å²) >= 11 is 0. The maximum atomic E-state index is 9.64. The maximum Gasteiger partial charge on any atom is 0.215 e. The second-order valence-corrected chi connectivity index (χ2v) is 4.66. The van der Waals surface area contributed by atoms with Crippen molar-refractivity contribution in [3.05, 3.63) is 12.7 Å². The first-order chi connectivity index (χ1) is 8.54. The predicted octanol–water partition coefficient (Wildman–Crippen LogP) is 1.42. The van der Waals surface area contributed by atoms with E-state index in [2.05, 4.69) is 16.6 Å². The minimum Gasteiger partial charge on any atom is -0.483 e. The van der Waals surface area contributed by atoms with E-state index in [1.807, 2.05) is 13.8 Å². The number of nitrogens with zero attached hydrogens (tertiary/aromatic N) is 2. The quantitative estimate of drug-likeness (QED) is 0.772. The average molecular weight is 254 g/mol. The Morgan fingerprint density at radius 2 is 2.11 bits per heavy atom. The zero-order valence-electron chi connectivity index (χ0n) is 11.5. The lowest BCUT2D eigenvalue weighted by molar-refractivity contribution is 0.205. The summed E-state index contributed by atoms with van der Waals surface area (Å²) in [5.41, 5.74) is -0.896. The van der Waals surface area contributed by atoms with Crippen LogP contribution in [-0.2, 0) is 9.47 Å². The van der Waals surface area contributed by atoms with Crippen LogP contribution < -0.4 is 0 Å². The normalized spacial score (nSPS) is 27.6. The van der Waals surface area contributed by atoms with Crippen LogP contribution in [0.4, 0.5) is 0 Å². The fourth-order valence-corrected chi connectivity index (χ4v) is 2.01. The average Bonchev–Trinajstić information content (AvgIpc) is 2.37. The minimum atomic E-state index is -0.896. The highest BCUT2D eigenvalue weighted by Crippen LogP contribution is 2.27. The standard InChI is InChI=1S/C13H22N2O3/c1-6-7-13(8-16)12(18-5)14-10(9(2)3)11(15-13)17-4/h6,9-10,16H,1,7-8H2,2-5H3/t10-,13+/m1/s1. The van der Waals surface area contributed by atoms with Gasteiger partial charge in [-0.15, -0.1) is 6.58 Å². The zero-order valence-corrected chi connectivity index (χ0v) is 11.5. The van der Waals surface area contributed by atoms with Gasteiger partial charge in [-0.25, -0.2) is 9.98 Å². The van der Waals surface area contributed by atoms with Crippen molar-refractivity contribution in [3.63, 3.8) is 0 Å². The van der Waals surface area contributed by atoms with E-state index < -0.39 is 5.54 Å². The van der Waals surface area contributed by atoms with E-state index in [-0.39, 0.29) is 18.6 Å². The molecule has 0 amide bonds. The fraction of sp³-hybridized carbons (Fsp3) is 0.692. The van der Waals surface area contributed by atoms with Crippen molar-refractivity contribution in [1.82, 2.24) is 0 Å². The van der Waals surface area contributed by atoms with Crippen molar-refractivity contribution in [3.8, 4) is 0 Å². The molecule has 0 aromatic carbocycles. The minimum absolute atomic E-state index is 0.172. The van der Waals surface area contributed by atoms with Crippen molar-refractivity contribution in [2.45, 2.75) is 31.8 Å². The summed E-state index contributed by atoms with van der Waals surface area (Å²) in [6.07, 6.45) is 2.14. The van der Waals surface area contributed by atoms with Crippen LogP contribution in [0.1, 0.15) is 20.3 Å². The van der Waals surface area contributed by atoms with E-state index >= 15 is 0 Å². The molecule has 102 valence electrons. The van der Waals surface area contributed by atoms with Gasteiger partial charge in [-0.1, -0.05) is 19.9 Å². The second-order valence-electron chi connectivity index (χ2n) is 4.66. The van der Waals surface area contributed by atoms with Gasteiger partial charge in [0.05, 0.1) is 20.8 Å². The Balaban J connectivity index is 3.23. The molecule has 18 heavy (non-hydrogen) atoms. The van der Waals surface area contributed by atoms with Crippen LogP contribution in [0.2, 0.25) is 0 Å². The highest BCUT2D eigenvalue weighted by molar-refractivity contribution is 5.97. The Kier molecular flexibility index (Phi) is 4.90. The first-order valence-electron chi connectivity index (χ1n) is 6.02. The van der Waals surface area contributed by atoms with Crippen molar-refractivity contribution >= 4 is 11.8 Å². The molecule has 1 N–H and O–H groups in total. The van der Waals surface area contributed by atoms with Gasteiger partial charge >= 0.3 is 0 Å². The molecule has 1 rings (SSSR count). The Hall–Kier alpha value is -1.36. The lowest BCUT2D eigenvalue weighted by Crippen LogP contribution is -2.48. The molecule has 0 saturated heterocycles. The molecule has 1 aliphatic heterocycles. The van der Waals surface area contributed by atoms with Gasteiger partial charge in [0.1, 0.15) is 6.04 Å². The summed E-state index contributed by atoms with van der Waals surface area (Å²) < 4.78 is 10.6. The van der Waals surface area contributed by atoms with Gasteiger partial charge in [-0.05, 0) is 5.92 Å². The number of hydrogen-bond donors (Lipinski definition) is 1. The van der Waals surface area contributed by atoms with Crippen LogP contribution in [0.25, 0.3) is 0 Å². The first kappa shape index (κ1) is 14.7. The van der Waals surface area contributed by atoms with Crippen molar-refractivity contribution < 1.29 is 14.6 Å². The Morgan fingerprint density at radius 1 is 1.44 bits per heavy atom. The summed E-state index contributed by atoms with van der Waals surface area (Å²) in [6, 6.07) is -0.172. The first-order valence-corrected chi connectivity index (χ1v) is 6.02. The fourth-order valence-electron chi connectivity index (χ4n) is 2.01. The van der Waals surface area contributed by atoms with E-state index in [4.69, 9.17) is 9.47 Å². The number of aliphatic hydroxyl groups excluding tert-OH is 1. The van der Waals surface area contributed by atoms with Crippen LogP contribution in [0.15, 0.2) is 22.6 Å². The van der Waals surface area contributed by atoms with Crippen LogP contribution in [0, 0.1) is 5.92 Å². The molecule has 0 aliphatic carbocycles. The molecule has 0 unspecified atom stereocenters. The number of methoxy groups -OCH3 is 2. The third kappa shape index (κ3) is 2.56. The summed E-state index contributed by atoms with van der Waals surface area (Å²) in [5.74, 6) is 1.21. The van der Waals surface area contributed by atoms with Gasteiger partial charge in [0.2, 0.25) is 11.8 Å². The topological polar surface area (TPSA) is 63.4 Å². The molecule has 0 fully saturated rings. The SMILES string of the molecule is C=CC[C@@]1(CO)N=C(OC)[C@@H](C(C)C)N=C1OC. The second kappa shape index (κ2) is 6.00. The third-order valence-corrected chi connectivity index (χ3v) is 3.01. The van der Waals surface area contributed by atoms with E-state index in [0.717, 1.165) is 0 Å². The molecule has 0 saturated carbocycles. The van der Waals surface area contributed by atoms with Gasteiger partial charge in [0.15, 0.2) is 5.54 Å². The molecule has 0 aromatic heterocycles. The largest absolute Gasteiger partial charge is 0.483 e. The summed E-state index contributed by atoms with van der Waals surface area (Å²) in [5, 5.41) is 9.64. The van der Waals surface area contributed by atoms with Crippen LogP contribution in [0.3, 0.4) is 0 Å². The summed E-state index contributed by atoms with van der Waals surface area (Å²) in [4.78, 5) is 9.04. The summed E-state index contributed by atoms with van der Waals surface area (Å²) in [6.45, 7) is 7.57. The highest BCUT2D eigenvalue weighted by atomic mass is 16.5. The molecule has 5 heteroatoms. The monoisotopic (exact) mass is 254 g/mol. The molecule has 0 bridgehead atoms. The van der Waals surface area contributed by atoms with E-state index in [9.17, 15) is 5.11 Å². The lowest BCUT2D eigenvalue weighted by atomic mass is 9.93. The van der Waals surface area contributed by atoms with E-state index in [0.29, 0.717) is 18.2 Å².